The van der Waals surface area contributed by atoms with Crippen LogP contribution in [0.25, 0.3) is 0 Å². The van der Waals surface area contributed by atoms with Gasteiger partial charge in [-0.1, -0.05) is 0 Å². The highest BCUT2D eigenvalue weighted by Gasteiger charge is 1.99. The number of carbonyl (C=O) groups excluding carboxylic acids is 2. The van der Waals surface area contributed by atoms with Gasteiger partial charge in [0.15, 0.2) is 0 Å². The van der Waals surface area contributed by atoms with Crippen molar-refractivity contribution in [2.45, 2.75) is 13.8 Å². The van der Waals surface area contributed by atoms with Gasteiger partial charge in [0.25, 0.3) is 0 Å². The van der Waals surface area contributed by atoms with Crippen LogP contribution in [0.3, 0.4) is 0 Å². The molecule has 0 heterocycles. The Kier molecular flexibility index (Phi) is 3.23. The highest BCUT2D eigenvalue weighted by atomic mass is 16.1. The number of benzene rings is 1. The zero-order chi connectivity index (χ0) is 10.6. The van der Waals surface area contributed by atoms with E-state index in [1.807, 2.05) is 6.92 Å². The number of nitrogens with one attached hydrogen (secondary N) is 2. The number of aryl methyl sites for hydroxylation is 1. The maximum absolute atomic E-state index is 10.8. The first-order chi connectivity index (χ1) is 6.63. The van der Waals surface area contributed by atoms with E-state index >= 15 is 0 Å². The molecule has 1 aromatic carbocycles. The summed E-state index contributed by atoms with van der Waals surface area (Å²) in [5.41, 5.74) is 2.38. The van der Waals surface area contributed by atoms with E-state index in [0.717, 1.165) is 16.9 Å². The van der Waals surface area contributed by atoms with Gasteiger partial charge in [0, 0.05) is 18.3 Å². The third kappa shape index (κ3) is 2.58. The van der Waals surface area contributed by atoms with Crippen molar-refractivity contribution in [3.8, 4) is 0 Å². The Bertz CT molecular complexity index is 361. The predicted octanol–water partition coefficient (Wildman–Crippen LogP) is 1.52. The highest BCUT2D eigenvalue weighted by molar-refractivity contribution is 5.89. The molecule has 0 fully saturated rings. The van der Waals surface area contributed by atoms with Crippen LogP contribution in [0, 0.1) is 6.92 Å². The normalized spacial score (nSPS) is 9.29. The lowest BCUT2D eigenvalue weighted by atomic mass is 10.2. The monoisotopic (exact) mass is 192 g/mol. The highest BCUT2D eigenvalue weighted by Crippen LogP contribution is 2.18. The Morgan fingerprint density at radius 1 is 1.43 bits per heavy atom. The molecule has 74 valence electrons. The number of anilines is 2. The Morgan fingerprint density at radius 2 is 2.14 bits per heavy atom. The van der Waals surface area contributed by atoms with E-state index in [2.05, 4.69) is 10.6 Å². The summed E-state index contributed by atoms with van der Waals surface area (Å²) in [4.78, 5) is 21.0. The molecule has 4 heteroatoms. The number of hydrogen-bond acceptors (Lipinski definition) is 2. The van der Waals surface area contributed by atoms with E-state index in [4.69, 9.17) is 0 Å². The maximum Gasteiger partial charge on any atom is 0.221 e. The van der Waals surface area contributed by atoms with Crippen molar-refractivity contribution in [3.05, 3.63) is 23.8 Å². The van der Waals surface area contributed by atoms with Crippen molar-refractivity contribution in [1.29, 1.82) is 0 Å². The van der Waals surface area contributed by atoms with Crippen LogP contribution >= 0.6 is 0 Å². The van der Waals surface area contributed by atoms with Gasteiger partial charge in [0.1, 0.15) is 0 Å². The Balaban J connectivity index is 2.88. The van der Waals surface area contributed by atoms with E-state index in [0.29, 0.717) is 6.41 Å². The smallest absolute Gasteiger partial charge is 0.221 e. The van der Waals surface area contributed by atoms with Gasteiger partial charge in [-0.2, -0.15) is 0 Å². The van der Waals surface area contributed by atoms with Gasteiger partial charge in [0.05, 0.1) is 0 Å². The summed E-state index contributed by atoms with van der Waals surface area (Å²) in [6.45, 7) is 3.31. The van der Waals surface area contributed by atoms with Gasteiger partial charge in [0.2, 0.25) is 12.3 Å². The standard InChI is InChI=1S/C10H12N2O2/c1-7-5-9(12-8(2)14)3-4-10(7)11-6-13/h3-6H,1-2H3,(H,11,13)(H,12,14). The number of hydrogen-bond donors (Lipinski definition) is 2. The molecular weight excluding hydrogens is 180 g/mol. The largest absolute Gasteiger partial charge is 0.328 e. The zero-order valence-electron chi connectivity index (χ0n) is 8.13. The van der Waals surface area contributed by atoms with Crippen LogP contribution in [0.15, 0.2) is 18.2 Å². The molecule has 0 unspecified atom stereocenters. The van der Waals surface area contributed by atoms with Crippen molar-refractivity contribution >= 4 is 23.7 Å². The van der Waals surface area contributed by atoms with E-state index in [9.17, 15) is 9.59 Å². The SMILES string of the molecule is CC(=O)Nc1ccc(NC=O)c(C)c1. The molecule has 0 aliphatic carbocycles. The first-order valence-corrected chi connectivity index (χ1v) is 4.22. The quantitative estimate of drug-likeness (QED) is 0.713. The molecule has 0 saturated carbocycles. The molecule has 0 bridgehead atoms. The van der Waals surface area contributed by atoms with Crippen LogP contribution in [0.2, 0.25) is 0 Å². The number of carbonyl (C=O) groups is 2. The molecule has 0 saturated heterocycles. The molecule has 0 aliphatic rings. The minimum Gasteiger partial charge on any atom is -0.328 e. The van der Waals surface area contributed by atoms with Crippen molar-refractivity contribution < 1.29 is 9.59 Å². The molecule has 14 heavy (non-hydrogen) atoms. The summed E-state index contributed by atoms with van der Waals surface area (Å²) in [6, 6.07) is 5.28. The number of amides is 2. The summed E-state index contributed by atoms with van der Waals surface area (Å²) in [7, 11) is 0. The summed E-state index contributed by atoms with van der Waals surface area (Å²) < 4.78 is 0. The fraction of sp³-hybridized carbons (Fsp3) is 0.200. The van der Waals surface area contributed by atoms with E-state index in [-0.39, 0.29) is 5.91 Å². The van der Waals surface area contributed by atoms with Gasteiger partial charge >= 0.3 is 0 Å². The molecule has 2 N–H and O–H groups in total. The average Bonchev–Trinajstić information content (AvgIpc) is 2.09. The van der Waals surface area contributed by atoms with Crippen LogP contribution < -0.4 is 10.6 Å². The van der Waals surface area contributed by atoms with Gasteiger partial charge in [-0.3, -0.25) is 9.59 Å². The first-order valence-electron chi connectivity index (χ1n) is 4.22. The second-order valence-electron chi connectivity index (χ2n) is 2.97. The molecule has 0 radical (unpaired) electrons. The van der Waals surface area contributed by atoms with Crippen molar-refractivity contribution in [3.63, 3.8) is 0 Å². The van der Waals surface area contributed by atoms with Gasteiger partial charge in [-0.05, 0) is 30.7 Å². The van der Waals surface area contributed by atoms with Crippen LogP contribution in [0.1, 0.15) is 12.5 Å². The van der Waals surface area contributed by atoms with Crippen molar-refractivity contribution in [2.24, 2.45) is 0 Å². The minimum atomic E-state index is -0.111. The average molecular weight is 192 g/mol. The van der Waals surface area contributed by atoms with Crippen molar-refractivity contribution in [1.82, 2.24) is 0 Å². The van der Waals surface area contributed by atoms with Gasteiger partial charge < -0.3 is 10.6 Å². The lowest BCUT2D eigenvalue weighted by Gasteiger charge is -2.07. The maximum atomic E-state index is 10.8. The molecular formula is C10H12N2O2. The molecule has 2 amide bonds. The third-order valence-corrected chi connectivity index (χ3v) is 1.76. The molecule has 0 atom stereocenters. The Morgan fingerprint density at radius 3 is 2.64 bits per heavy atom. The Labute approximate surface area is 82.3 Å². The lowest BCUT2D eigenvalue weighted by Crippen LogP contribution is -2.06. The summed E-state index contributed by atoms with van der Waals surface area (Å²) in [5, 5.41) is 5.22. The van der Waals surface area contributed by atoms with E-state index in [1.165, 1.54) is 6.92 Å². The van der Waals surface area contributed by atoms with Crippen LogP contribution in [-0.2, 0) is 9.59 Å². The van der Waals surface area contributed by atoms with Gasteiger partial charge in [-0.15, -0.1) is 0 Å². The van der Waals surface area contributed by atoms with Crippen LogP contribution in [0.5, 0.6) is 0 Å². The molecule has 1 rings (SSSR count). The van der Waals surface area contributed by atoms with Gasteiger partial charge in [-0.25, -0.2) is 0 Å². The summed E-state index contributed by atoms with van der Waals surface area (Å²) >= 11 is 0. The van der Waals surface area contributed by atoms with E-state index < -0.39 is 0 Å². The first kappa shape index (κ1) is 10.2. The topological polar surface area (TPSA) is 58.2 Å². The second-order valence-corrected chi connectivity index (χ2v) is 2.97. The lowest BCUT2D eigenvalue weighted by molar-refractivity contribution is -0.114. The molecule has 4 nitrogen and oxygen atoms in total. The van der Waals surface area contributed by atoms with E-state index in [1.54, 1.807) is 18.2 Å². The summed E-state index contributed by atoms with van der Waals surface area (Å²) in [6.07, 6.45) is 0.625. The fourth-order valence-electron chi connectivity index (χ4n) is 1.17. The molecule has 0 spiro atoms. The summed E-state index contributed by atoms with van der Waals surface area (Å²) in [5.74, 6) is -0.111. The third-order valence-electron chi connectivity index (χ3n) is 1.76. The Hall–Kier alpha value is -1.84. The molecule has 1 aromatic rings. The van der Waals surface area contributed by atoms with Crippen molar-refractivity contribution in [2.75, 3.05) is 10.6 Å². The second kappa shape index (κ2) is 4.41. The van der Waals surface area contributed by atoms with Crippen LogP contribution in [0.4, 0.5) is 11.4 Å². The number of rotatable bonds is 3. The predicted molar refractivity (Wildman–Crippen MR) is 55.2 cm³/mol. The fourth-order valence-corrected chi connectivity index (χ4v) is 1.17. The minimum absolute atomic E-state index is 0.111. The molecule has 0 aliphatic heterocycles. The molecule has 0 aromatic heterocycles. The zero-order valence-corrected chi connectivity index (χ0v) is 8.13. The van der Waals surface area contributed by atoms with Crippen LogP contribution in [-0.4, -0.2) is 12.3 Å².